The maximum atomic E-state index is 13.5. The molecular formula is C26H30FN5O6S. The fourth-order valence-electron chi connectivity index (χ4n) is 5.54. The van der Waals surface area contributed by atoms with Crippen molar-refractivity contribution in [2.45, 2.75) is 44.3 Å². The Morgan fingerprint density at radius 3 is 2.56 bits per heavy atom. The number of nitrogens with zero attached hydrogens (tertiary/aromatic N) is 2. The van der Waals surface area contributed by atoms with Crippen molar-refractivity contribution in [1.29, 1.82) is 0 Å². The summed E-state index contributed by atoms with van der Waals surface area (Å²) in [6.07, 6.45) is 2.84. The Bertz CT molecular complexity index is 1420. The first-order valence-corrected chi connectivity index (χ1v) is 14.4. The smallest absolute Gasteiger partial charge is 0.319 e. The Balaban J connectivity index is 1.37. The van der Waals surface area contributed by atoms with E-state index in [4.69, 9.17) is 0 Å². The minimum Gasteiger partial charge on any atom is -0.341 e. The van der Waals surface area contributed by atoms with Crippen LogP contribution < -0.4 is 16.0 Å². The Labute approximate surface area is 225 Å². The molecule has 1 spiro atoms. The van der Waals surface area contributed by atoms with Crippen molar-refractivity contribution in [3.63, 3.8) is 0 Å². The average molecular weight is 560 g/mol. The average Bonchev–Trinajstić information content (AvgIpc) is 3.65. The topological polar surface area (TPSA) is 145 Å². The third-order valence-electron chi connectivity index (χ3n) is 7.84. The Kier molecular flexibility index (Phi) is 6.73. The number of urea groups is 2. The molecule has 2 aliphatic carbocycles. The first-order chi connectivity index (χ1) is 18.4. The minimum atomic E-state index is -3.88. The lowest BCUT2D eigenvalue weighted by molar-refractivity contribution is -0.135. The van der Waals surface area contributed by atoms with Gasteiger partial charge in [-0.25, -0.2) is 22.4 Å². The summed E-state index contributed by atoms with van der Waals surface area (Å²) in [5.41, 5.74) is -0.478. The molecule has 39 heavy (non-hydrogen) atoms. The van der Waals surface area contributed by atoms with Crippen LogP contribution in [0, 0.1) is 11.7 Å². The Morgan fingerprint density at radius 1 is 1.23 bits per heavy atom. The number of allylic oxidation sites excluding steroid dienone is 2. The molecule has 0 aromatic heterocycles. The number of sulfone groups is 1. The van der Waals surface area contributed by atoms with E-state index in [1.54, 1.807) is 17.0 Å². The first-order valence-electron chi connectivity index (χ1n) is 12.7. The van der Waals surface area contributed by atoms with Crippen LogP contribution >= 0.6 is 0 Å². The predicted molar refractivity (Wildman–Crippen MR) is 138 cm³/mol. The summed E-state index contributed by atoms with van der Waals surface area (Å²) in [6.45, 7) is 1.83. The molecule has 1 aromatic rings. The molecular weight excluding hydrogens is 529 g/mol. The molecule has 208 valence electrons. The van der Waals surface area contributed by atoms with Crippen LogP contribution in [0.4, 0.5) is 14.0 Å². The van der Waals surface area contributed by atoms with E-state index >= 15 is 0 Å². The molecule has 13 heteroatoms. The van der Waals surface area contributed by atoms with Gasteiger partial charge >= 0.3 is 12.1 Å². The van der Waals surface area contributed by atoms with E-state index in [9.17, 15) is 32.0 Å². The number of amides is 5. The summed E-state index contributed by atoms with van der Waals surface area (Å²) in [4.78, 5) is 53.9. The highest BCUT2D eigenvalue weighted by molar-refractivity contribution is 7.95. The molecule has 3 N–H and O–H groups in total. The summed E-state index contributed by atoms with van der Waals surface area (Å²) in [5, 5.41) is 7.40. The molecule has 5 rings (SSSR count). The van der Waals surface area contributed by atoms with Crippen molar-refractivity contribution >= 4 is 33.6 Å². The molecule has 0 bridgehead atoms. The van der Waals surface area contributed by atoms with Crippen molar-refractivity contribution in [3.8, 4) is 0 Å². The van der Waals surface area contributed by atoms with E-state index < -0.39 is 39.0 Å². The van der Waals surface area contributed by atoms with Crippen molar-refractivity contribution in [2.75, 3.05) is 25.9 Å². The van der Waals surface area contributed by atoms with Crippen molar-refractivity contribution in [2.24, 2.45) is 5.92 Å². The van der Waals surface area contributed by atoms with Crippen LogP contribution in [-0.2, 0) is 26.0 Å². The molecule has 1 unspecified atom stereocenters. The highest BCUT2D eigenvalue weighted by Gasteiger charge is 2.56. The molecule has 1 saturated heterocycles. The second-order valence-electron chi connectivity index (χ2n) is 10.6. The van der Waals surface area contributed by atoms with Gasteiger partial charge in [-0.1, -0.05) is 12.1 Å². The zero-order chi connectivity index (χ0) is 28.1. The molecule has 2 heterocycles. The number of ketones is 1. The van der Waals surface area contributed by atoms with Gasteiger partial charge in [0, 0.05) is 26.1 Å². The minimum absolute atomic E-state index is 0.0873. The summed E-state index contributed by atoms with van der Waals surface area (Å²) >= 11 is 0. The van der Waals surface area contributed by atoms with E-state index in [-0.39, 0.29) is 60.0 Å². The molecule has 2 fully saturated rings. The summed E-state index contributed by atoms with van der Waals surface area (Å²) in [6, 6.07) is 4.55. The molecule has 1 aromatic carbocycles. The van der Waals surface area contributed by atoms with Crippen LogP contribution in [-0.4, -0.2) is 79.4 Å². The lowest BCUT2D eigenvalue weighted by Gasteiger charge is -2.31. The lowest BCUT2D eigenvalue weighted by atomic mass is 9.85. The molecule has 1 saturated carbocycles. The van der Waals surface area contributed by atoms with Gasteiger partial charge < -0.3 is 25.8 Å². The number of carbonyl (C=O) groups excluding carboxylic acids is 4. The number of benzene rings is 1. The van der Waals surface area contributed by atoms with Crippen LogP contribution in [0.3, 0.4) is 0 Å². The predicted octanol–water partition coefficient (Wildman–Crippen LogP) is 1.19. The number of rotatable bonds is 7. The lowest BCUT2D eigenvalue weighted by Crippen LogP contribution is -2.48. The van der Waals surface area contributed by atoms with Gasteiger partial charge in [-0.15, -0.1) is 0 Å². The largest absolute Gasteiger partial charge is 0.341 e. The van der Waals surface area contributed by atoms with Gasteiger partial charge in [0.15, 0.2) is 15.6 Å². The zero-order valence-electron chi connectivity index (χ0n) is 21.6. The monoisotopic (exact) mass is 559 g/mol. The highest BCUT2D eigenvalue weighted by Crippen LogP contribution is 2.43. The van der Waals surface area contributed by atoms with Crippen LogP contribution in [0.25, 0.3) is 0 Å². The van der Waals surface area contributed by atoms with E-state index in [1.807, 2.05) is 6.92 Å². The molecule has 0 radical (unpaired) electrons. The standard InChI is InChI=1S/C26H30FN5O6S/c1-15(17-5-6-17)32(11-16-3-7-18(27)8-4-16)23(34)12-31-13-26(30-25(31)36)14-39(37,38)22-10-20(29-24(35)28-2)21(33)9-19(22)26/h3-4,7-8,10,15,17H,5-6,9,11-14H2,1-2H3,(H,30,36)(H2,28,29,35)/t15-,26?/m0/s1. The third-order valence-corrected chi connectivity index (χ3v) is 9.74. The van der Waals surface area contributed by atoms with Gasteiger partial charge in [0.2, 0.25) is 5.91 Å². The van der Waals surface area contributed by atoms with Crippen molar-refractivity contribution in [3.05, 3.63) is 57.9 Å². The molecule has 5 amide bonds. The van der Waals surface area contributed by atoms with Gasteiger partial charge in [-0.3, -0.25) is 9.59 Å². The maximum Gasteiger partial charge on any atom is 0.319 e. The second kappa shape index (κ2) is 9.78. The van der Waals surface area contributed by atoms with Crippen LogP contribution in [0.5, 0.6) is 0 Å². The maximum absolute atomic E-state index is 13.5. The van der Waals surface area contributed by atoms with E-state index in [1.165, 1.54) is 24.1 Å². The van der Waals surface area contributed by atoms with Crippen molar-refractivity contribution < 1.29 is 32.0 Å². The first kappa shape index (κ1) is 26.9. The van der Waals surface area contributed by atoms with Gasteiger partial charge in [-0.2, -0.15) is 0 Å². The highest BCUT2D eigenvalue weighted by atomic mass is 32.2. The number of halogens is 1. The Hall–Kier alpha value is -3.74. The number of carbonyl (C=O) groups is 4. The Morgan fingerprint density at radius 2 is 1.92 bits per heavy atom. The fraction of sp³-hybridized carbons (Fsp3) is 0.462. The molecule has 2 aliphatic heterocycles. The van der Waals surface area contributed by atoms with Crippen LogP contribution in [0.1, 0.15) is 31.7 Å². The quantitative estimate of drug-likeness (QED) is 0.458. The van der Waals surface area contributed by atoms with Crippen LogP contribution in [0.15, 0.2) is 46.5 Å². The molecule has 4 aliphatic rings. The van der Waals surface area contributed by atoms with Crippen molar-refractivity contribution in [1.82, 2.24) is 25.8 Å². The molecule has 2 atom stereocenters. The van der Waals surface area contributed by atoms with E-state index in [0.29, 0.717) is 5.92 Å². The van der Waals surface area contributed by atoms with Gasteiger partial charge in [-0.05, 0) is 55.0 Å². The fourth-order valence-corrected chi connectivity index (χ4v) is 7.62. The molecule has 11 nitrogen and oxygen atoms in total. The SMILES string of the molecule is CNC(=O)NC1=CC2=C(CC1=O)C1(CN(CC(=O)N(Cc3ccc(F)cc3)[C@@H](C)C3CC3)C(=O)N1)CS2(=O)=O. The zero-order valence-corrected chi connectivity index (χ0v) is 22.4. The number of Topliss-reactive ketones (excluding diaryl/α,β-unsaturated/α-hetero) is 1. The summed E-state index contributed by atoms with van der Waals surface area (Å²) < 4.78 is 39.6. The van der Waals surface area contributed by atoms with Gasteiger partial charge in [0.25, 0.3) is 0 Å². The van der Waals surface area contributed by atoms with Gasteiger partial charge in [0.05, 0.1) is 28.4 Å². The van der Waals surface area contributed by atoms with E-state index in [2.05, 4.69) is 16.0 Å². The number of nitrogens with one attached hydrogen (secondary N) is 3. The number of hydrogen-bond acceptors (Lipinski definition) is 6. The normalized spacial score (nSPS) is 24.3. The van der Waals surface area contributed by atoms with Crippen LogP contribution in [0.2, 0.25) is 0 Å². The third kappa shape index (κ3) is 5.14. The summed E-state index contributed by atoms with van der Waals surface area (Å²) in [5.74, 6) is -1.27. The second-order valence-corrected chi connectivity index (χ2v) is 12.5. The van der Waals surface area contributed by atoms with Gasteiger partial charge in [0.1, 0.15) is 12.4 Å². The number of fused-ring (bicyclic) bond motifs is 1. The number of hydrogen-bond donors (Lipinski definition) is 3. The van der Waals surface area contributed by atoms with E-state index in [0.717, 1.165) is 24.5 Å². The summed E-state index contributed by atoms with van der Waals surface area (Å²) in [7, 11) is -2.51.